The second kappa shape index (κ2) is 13.0. The molecule has 0 aliphatic carbocycles. The summed E-state index contributed by atoms with van der Waals surface area (Å²) in [6.07, 6.45) is 0.545. The first kappa shape index (κ1) is 25.6. The zero-order chi connectivity index (χ0) is 23.5. The third-order valence-corrected chi connectivity index (χ3v) is 5.97. The largest absolute Gasteiger partial charge is 0.497 e. The monoisotopic (exact) mass is 458 g/mol. The predicted octanol–water partition coefficient (Wildman–Crippen LogP) is 4.27. The number of carbonyl (C=O) groups excluding carboxylic acids is 2. The van der Waals surface area contributed by atoms with Crippen molar-refractivity contribution in [2.75, 3.05) is 20.0 Å². The van der Waals surface area contributed by atoms with Crippen molar-refractivity contribution < 1.29 is 19.1 Å². The van der Waals surface area contributed by atoms with Crippen molar-refractivity contribution in [3.63, 3.8) is 0 Å². The zero-order valence-corrected chi connectivity index (χ0v) is 20.4. The summed E-state index contributed by atoms with van der Waals surface area (Å²) in [4.78, 5) is 27.8. The second-order valence-corrected chi connectivity index (χ2v) is 8.78. The summed E-state index contributed by atoms with van der Waals surface area (Å²) in [6, 6.07) is 14.9. The molecule has 7 heteroatoms. The topological polar surface area (TPSA) is 67.9 Å². The maximum atomic E-state index is 13.2. The van der Waals surface area contributed by atoms with Crippen LogP contribution in [0.4, 0.5) is 0 Å². The molecular formula is C25H34N2O4S. The van der Waals surface area contributed by atoms with E-state index < -0.39 is 6.04 Å². The van der Waals surface area contributed by atoms with Crippen molar-refractivity contribution in [2.45, 2.75) is 51.6 Å². The molecule has 32 heavy (non-hydrogen) atoms. The van der Waals surface area contributed by atoms with Gasteiger partial charge in [0.25, 0.3) is 0 Å². The van der Waals surface area contributed by atoms with Crippen molar-refractivity contribution in [1.29, 1.82) is 0 Å². The molecular weight excluding hydrogens is 424 g/mol. The first-order valence-corrected chi connectivity index (χ1v) is 12.0. The number of benzene rings is 2. The molecule has 1 N–H and O–H groups in total. The summed E-state index contributed by atoms with van der Waals surface area (Å²) in [5, 5.41) is 2.95. The van der Waals surface area contributed by atoms with Crippen LogP contribution in [0.5, 0.6) is 11.5 Å². The van der Waals surface area contributed by atoms with Crippen LogP contribution in [-0.2, 0) is 21.9 Å². The van der Waals surface area contributed by atoms with E-state index in [1.807, 2.05) is 69.3 Å². The normalized spacial score (nSPS) is 11.7. The molecule has 0 radical (unpaired) electrons. The minimum atomic E-state index is -0.520. The highest BCUT2D eigenvalue weighted by atomic mass is 32.2. The lowest BCUT2D eigenvalue weighted by Gasteiger charge is -2.31. The van der Waals surface area contributed by atoms with Gasteiger partial charge in [-0.15, -0.1) is 11.8 Å². The van der Waals surface area contributed by atoms with Gasteiger partial charge < -0.3 is 19.7 Å². The highest BCUT2D eigenvalue weighted by Crippen LogP contribution is 2.20. The van der Waals surface area contributed by atoms with Crippen LogP contribution in [0.1, 0.15) is 38.3 Å². The van der Waals surface area contributed by atoms with Gasteiger partial charge in [-0.25, -0.2) is 0 Å². The van der Waals surface area contributed by atoms with Gasteiger partial charge in [-0.05, 0) is 55.7 Å². The van der Waals surface area contributed by atoms with E-state index in [1.165, 1.54) is 0 Å². The average Bonchev–Trinajstić information content (AvgIpc) is 2.79. The zero-order valence-electron chi connectivity index (χ0n) is 19.6. The number of nitrogens with zero attached hydrogens (tertiary/aromatic N) is 1. The van der Waals surface area contributed by atoms with E-state index in [9.17, 15) is 9.59 Å². The Morgan fingerprint density at radius 2 is 1.47 bits per heavy atom. The molecule has 0 aliphatic rings. The SMILES string of the molecule is CC[C@@H](C(=O)NC(C)C)N(Cc1ccc(OC)cc1)C(=O)CSCc1ccc(OC)cc1. The number of thioether (sulfide) groups is 1. The molecule has 0 saturated carbocycles. The summed E-state index contributed by atoms with van der Waals surface area (Å²) in [6.45, 7) is 6.15. The first-order chi connectivity index (χ1) is 15.4. The molecule has 0 fully saturated rings. The van der Waals surface area contributed by atoms with E-state index >= 15 is 0 Å². The van der Waals surface area contributed by atoms with Gasteiger partial charge in [-0.1, -0.05) is 31.2 Å². The lowest BCUT2D eigenvalue weighted by Crippen LogP contribution is -2.50. The van der Waals surface area contributed by atoms with Crippen molar-refractivity contribution in [3.05, 3.63) is 59.7 Å². The lowest BCUT2D eigenvalue weighted by atomic mass is 10.1. The van der Waals surface area contributed by atoms with Crippen LogP contribution < -0.4 is 14.8 Å². The Morgan fingerprint density at radius 3 is 1.94 bits per heavy atom. The van der Waals surface area contributed by atoms with Gasteiger partial charge in [0.15, 0.2) is 0 Å². The van der Waals surface area contributed by atoms with Crippen molar-refractivity contribution >= 4 is 23.6 Å². The highest BCUT2D eigenvalue weighted by Gasteiger charge is 2.28. The van der Waals surface area contributed by atoms with Crippen LogP contribution in [0.15, 0.2) is 48.5 Å². The molecule has 0 saturated heterocycles. The highest BCUT2D eigenvalue weighted by molar-refractivity contribution is 7.99. The van der Waals surface area contributed by atoms with E-state index in [1.54, 1.807) is 30.9 Å². The fraction of sp³-hybridized carbons (Fsp3) is 0.440. The lowest BCUT2D eigenvalue weighted by molar-refractivity contribution is -0.139. The summed E-state index contributed by atoms with van der Waals surface area (Å²) >= 11 is 1.54. The van der Waals surface area contributed by atoms with Crippen LogP contribution >= 0.6 is 11.8 Å². The number of carbonyl (C=O) groups is 2. The summed E-state index contributed by atoms with van der Waals surface area (Å²) in [5.41, 5.74) is 2.07. The Balaban J connectivity index is 2.11. The summed E-state index contributed by atoms with van der Waals surface area (Å²) in [5.74, 6) is 2.40. The van der Waals surface area contributed by atoms with E-state index in [4.69, 9.17) is 9.47 Å². The van der Waals surface area contributed by atoms with Crippen LogP contribution in [-0.4, -0.2) is 48.8 Å². The van der Waals surface area contributed by atoms with Crippen LogP contribution in [0.25, 0.3) is 0 Å². The van der Waals surface area contributed by atoms with Gasteiger partial charge in [-0.3, -0.25) is 9.59 Å². The molecule has 2 amide bonds. The van der Waals surface area contributed by atoms with Crippen LogP contribution in [0, 0.1) is 0 Å². The van der Waals surface area contributed by atoms with E-state index in [0.717, 1.165) is 22.6 Å². The van der Waals surface area contributed by atoms with Crippen LogP contribution in [0.2, 0.25) is 0 Å². The Hall–Kier alpha value is -2.67. The number of nitrogens with one attached hydrogen (secondary N) is 1. The second-order valence-electron chi connectivity index (χ2n) is 7.80. The predicted molar refractivity (Wildman–Crippen MR) is 130 cm³/mol. The maximum absolute atomic E-state index is 13.2. The molecule has 0 aliphatic heterocycles. The molecule has 6 nitrogen and oxygen atoms in total. The van der Waals surface area contributed by atoms with Gasteiger partial charge in [0.05, 0.1) is 20.0 Å². The summed E-state index contributed by atoms with van der Waals surface area (Å²) < 4.78 is 10.4. The van der Waals surface area contributed by atoms with E-state index in [-0.39, 0.29) is 17.9 Å². The Morgan fingerprint density at radius 1 is 0.938 bits per heavy atom. The Labute approximate surface area is 195 Å². The maximum Gasteiger partial charge on any atom is 0.243 e. The molecule has 0 unspecified atom stereocenters. The number of hydrogen-bond donors (Lipinski definition) is 1. The fourth-order valence-corrected chi connectivity index (χ4v) is 4.16. The third kappa shape index (κ3) is 7.79. The molecule has 1 atom stereocenters. The quantitative estimate of drug-likeness (QED) is 0.515. The van der Waals surface area contributed by atoms with Crippen molar-refractivity contribution in [3.8, 4) is 11.5 Å². The molecule has 0 bridgehead atoms. The number of rotatable bonds is 12. The number of ether oxygens (including phenoxy) is 2. The van der Waals surface area contributed by atoms with E-state index in [2.05, 4.69) is 5.32 Å². The number of methoxy groups -OCH3 is 2. The number of amides is 2. The van der Waals surface area contributed by atoms with Gasteiger partial charge in [0.1, 0.15) is 17.5 Å². The average molecular weight is 459 g/mol. The van der Waals surface area contributed by atoms with Crippen molar-refractivity contribution in [2.24, 2.45) is 0 Å². The van der Waals surface area contributed by atoms with Gasteiger partial charge in [0, 0.05) is 18.3 Å². The standard InChI is InChI=1S/C25H34N2O4S/c1-6-23(25(29)26-18(2)3)27(15-19-7-11-21(30-4)12-8-19)24(28)17-32-16-20-9-13-22(31-5)14-10-20/h7-14,18,23H,6,15-17H2,1-5H3,(H,26,29)/t23-/m0/s1. The molecule has 2 aromatic rings. The Kier molecular flexibility index (Phi) is 10.4. The fourth-order valence-electron chi connectivity index (χ4n) is 3.29. The molecule has 2 aromatic carbocycles. The molecule has 2 rings (SSSR count). The van der Waals surface area contributed by atoms with Crippen molar-refractivity contribution in [1.82, 2.24) is 10.2 Å². The van der Waals surface area contributed by atoms with Gasteiger partial charge in [0.2, 0.25) is 11.8 Å². The first-order valence-electron chi connectivity index (χ1n) is 10.8. The molecule has 0 spiro atoms. The Bertz CT molecular complexity index is 853. The van der Waals surface area contributed by atoms with Crippen LogP contribution in [0.3, 0.4) is 0 Å². The summed E-state index contributed by atoms with van der Waals surface area (Å²) in [7, 11) is 3.26. The molecule has 174 valence electrons. The molecule has 0 aromatic heterocycles. The molecule has 0 heterocycles. The van der Waals surface area contributed by atoms with Gasteiger partial charge in [-0.2, -0.15) is 0 Å². The minimum absolute atomic E-state index is 0.0129. The smallest absolute Gasteiger partial charge is 0.243 e. The minimum Gasteiger partial charge on any atom is -0.497 e. The third-order valence-electron chi connectivity index (χ3n) is 4.98. The number of hydrogen-bond acceptors (Lipinski definition) is 5. The van der Waals surface area contributed by atoms with Gasteiger partial charge >= 0.3 is 0 Å². The van der Waals surface area contributed by atoms with E-state index in [0.29, 0.717) is 24.5 Å².